The maximum Gasteiger partial charge on any atom is 0.262 e. The van der Waals surface area contributed by atoms with Crippen LogP contribution in [0.15, 0.2) is 40.9 Å². The number of carbonyl (C=O) groups is 1. The number of benzene rings is 2. The average Bonchev–Trinajstić information content (AvgIpc) is 2.46. The summed E-state index contributed by atoms with van der Waals surface area (Å²) >= 11 is 15.2. The topological polar surface area (TPSA) is 47.6 Å². The lowest BCUT2D eigenvalue weighted by Gasteiger charge is -2.11. The molecule has 23 heavy (non-hydrogen) atoms. The maximum absolute atomic E-state index is 12.0. The monoisotopic (exact) mass is 417 g/mol. The van der Waals surface area contributed by atoms with Crippen LogP contribution in [0.2, 0.25) is 10.0 Å². The summed E-state index contributed by atoms with van der Waals surface area (Å²) in [7, 11) is 0. The molecular formula is C16H14BrCl2NO3. The van der Waals surface area contributed by atoms with E-state index in [1.807, 2.05) is 13.0 Å². The van der Waals surface area contributed by atoms with E-state index in [-0.39, 0.29) is 12.5 Å². The Labute approximate surface area is 152 Å². The molecule has 1 amide bonds. The van der Waals surface area contributed by atoms with Crippen molar-refractivity contribution in [2.75, 3.05) is 18.5 Å². The van der Waals surface area contributed by atoms with Crippen molar-refractivity contribution in [3.8, 4) is 11.5 Å². The van der Waals surface area contributed by atoms with E-state index in [0.29, 0.717) is 38.3 Å². The summed E-state index contributed by atoms with van der Waals surface area (Å²) in [6, 6.07) is 10.3. The predicted octanol–water partition coefficient (Wildman–Crippen LogP) is 5.17. The molecule has 7 heteroatoms. The van der Waals surface area contributed by atoms with Crippen LogP contribution in [0.4, 0.5) is 5.69 Å². The molecule has 4 nitrogen and oxygen atoms in total. The number of hydrogen-bond acceptors (Lipinski definition) is 3. The van der Waals surface area contributed by atoms with Gasteiger partial charge in [0.25, 0.3) is 5.91 Å². The predicted molar refractivity (Wildman–Crippen MR) is 95.9 cm³/mol. The smallest absolute Gasteiger partial charge is 0.262 e. The van der Waals surface area contributed by atoms with Gasteiger partial charge < -0.3 is 14.8 Å². The highest BCUT2D eigenvalue weighted by molar-refractivity contribution is 9.10. The molecule has 0 aliphatic rings. The van der Waals surface area contributed by atoms with Crippen LogP contribution in [0, 0.1) is 0 Å². The van der Waals surface area contributed by atoms with Gasteiger partial charge in [0.15, 0.2) is 12.4 Å². The van der Waals surface area contributed by atoms with Crippen LogP contribution in [0.25, 0.3) is 0 Å². The molecule has 2 aromatic rings. The number of amides is 1. The molecule has 0 bridgehead atoms. The van der Waals surface area contributed by atoms with Crippen LogP contribution >= 0.6 is 39.1 Å². The molecule has 1 N–H and O–H groups in total. The fourth-order valence-corrected chi connectivity index (χ4v) is 3.20. The van der Waals surface area contributed by atoms with Crippen LogP contribution < -0.4 is 14.8 Å². The number of halogens is 3. The molecule has 0 aliphatic heterocycles. The van der Waals surface area contributed by atoms with Crippen molar-refractivity contribution in [1.82, 2.24) is 0 Å². The molecule has 0 fully saturated rings. The quantitative estimate of drug-likeness (QED) is 0.703. The Morgan fingerprint density at radius 2 is 2.00 bits per heavy atom. The third-order valence-corrected chi connectivity index (χ3v) is 3.83. The summed E-state index contributed by atoms with van der Waals surface area (Å²) in [5.74, 6) is 0.751. The lowest BCUT2D eigenvalue weighted by molar-refractivity contribution is -0.118. The van der Waals surface area contributed by atoms with Gasteiger partial charge in [0.1, 0.15) is 5.75 Å². The summed E-state index contributed by atoms with van der Waals surface area (Å²) in [5.41, 5.74) is 0.630. The Morgan fingerprint density at radius 1 is 1.22 bits per heavy atom. The number of anilines is 1. The average molecular weight is 419 g/mol. The van der Waals surface area contributed by atoms with Crippen LogP contribution in [0.1, 0.15) is 6.92 Å². The van der Waals surface area contributed by atoms with Gasteiger partial charge in [0.05, 0.1) is 16.1 Å². The third-order valence-electron chi connectivity index (χ3n) is 2.74. The summed E-state index contributed by atoms with van der Waals surface area (Å²) in [6.45, 7) is 2.27. The van der Waals surface area contributed by atoms with Crippen molar-refractivity contribution in [2.45, 2.75) is 6.92 Å². The molecule has 2 rings (SSSR count). The zero-order valence-corrected chi connectivity index (χ0v) is 15.3. The minimum atomic E-state index is -0.309. The minimum Gasteiger partial charge on any atom is -0.494 e. The van der Waals surface area contributed by atoms with Gasteiger partial charge >= 0.3 is 0 Å². The molecular weight excluding hydrogens is 405 g/mol. The van der Waals surface area contributed by atoms with Crippen LogP contribution in [0.5, 0.6) is 11.5 Å². The second kappa shape index (κ2) is 8.43. The first-order valence-corrected chi connectivity index (χ1v) is 8.34. The first-order valence-electron chi connectivity index (χ1n) is 6.79. The summed E-state index contributed by atoms with van der Waals surface area (Å²) in [5, 5.41) is 3.54. The van der Waals surface area contributed by atoms with E-state index in [1.54, 1.807) is 30.3 Å². The molecule has 2 aromatic carbocycles. The van der Waals surface area contributed by atoms with Crippen LogP contribution in [-0.4, -0.2) is 19.1 Å². The second-order valence-corrected chi connectivity index (χ2v) is 6.19. The largest absolute Gasteiger partial charge is 0.494 e. The Morgan fingerprint density at radius 3 is 2.70 bits per heavy atom. The molecule has 0 aromatic heterocycles. The number of hydrogen-bond donors (Lipinski definition) is 1. The van der Waals surface area contributed by atoms with E-state index in [4.69, 9.17) is 32.7 Å². The number of ether oxygens (including phenoxy) is 2. The van der Waals surface area contributed by atoms with Gasteiger partial charge in [0, 0.05) is 16.8 Å². The SMILES string of the molecule is CCOc1cccc(NC(=O)COc2c(Cl)cc(Cl)cc2Br)c1. The van der Waals surface area contributed by atoms with Crippen LogP contribution in [-0.2, 0) is 4.79 Å². The molecule has 0 atom stereocenters. The zero-order chi connectivity index (χ0) is 16.8. The first kappa shape index (κ1) is 17.9. The van der Waals surface area contributed by atoms with Crippen molar-refractivity contribution in [1.29, 1.82) is 0 Å². The first-order chi connectivity index (χ1) is 11.0. The van der Waals surface area contributed by atoms with Crippen molar-refractivity contribution in [3.05, 3.63) is 50.9 Å². The highest BCUT2D eigenvalue weighted by Crippen LogP contribution is 2.36. The highest BCUT2D eigenvalue weighted by Gasteiger charge is 2.11. The van der Waals surface area contributed by atoms with Gasteiger partial charge in [-0.2, -0.15) is 0 Å². The standard InChI is InChI=1S/C16H14BrCl2NO3/c1-2-22-12-5-3-4-11(8-12)20-15(21)9-23-16-13(17)6-10(18)7-14(16)19/h3-8H,2,9H2,1H3,(H,20,21). The van der Waals surface area contributed by atoms with E-state index in [2.05, 4.69) is 21.2 Å². The number of carbonyl (C=O) groups excluding carboxylic acids is 1. The molecule has 0 saturated carbocycles. The normalized spacial score (nSPS) is 10.3. The Hall–Kier alpha value is -1.43. The van der Waals surface area contributed by atoms with Crippen molar-refractivity contribution < 1.29 is 14.3 Å². The molecule has 0 spiro atoms. The van der Waals surface area contributed by atoms with Gasteiger partial charge in [-0.15, -0.1) is 0 Å². The maximum atomic E-state index is 12.0. The van der Waals surface area contributed by atoms with E-state index in [1.165, 1.54) is 0 Å². The lowest BCUT2D eigenvalue weighted by atomic mass is 10.3. The molecule has 0 heterocycles. The summed E-state index contributed by atoms with van der Waals surface area (Å²) in [6.07, 6.45) is 0. The Kier molecular flexibility index (Phi) is 6.57. The minimum absolute atomic E-state index is 0.182. The van der Waals surface area contributed by atoms with Gasteiger partial charge in [-0.1, -0.05) is 29.3 Å². The van der Waals surface area contributed by atoms with E-state index < -0.39 is 0 Å². The zero-order valence-electron chi connectivity index (χ0n) is 12.2. The Bertz CT molecular complexity index is 686. The summed E-state index contributed by atoms with van der Waals surface area (Å²) in [4.78, 5) is 12.0. The number of nitrogens with one attached hydrogen (secondary N) is 1. The van der Waals surface area contributed by atoms with Crippen molar-refractivity contribution in [3.63, 3.8) is 0 Å². The molecule has 122 valence electrons. The number of rotatable bonds is 6. The fraction of sp³-hybridized carbons (Fsp3) is 0.188. The van der Waals surface area contributed by atoms with Crippen molar-refractivity contribution >= 4 is 50.7 Å². The summed E-state index contributed by atoms with van der Waals surface area (Å²) < 4.78 is 11.4. The van der Waals surface area contributed by atoms with Crippen LogP contribution in [0.3, 0.4) is 0 Å². The molecule has 0 unspecified atom stereocenters. The highest BCUT2D eigenvalue weighted by atomic mass is 79.9. The van der Waals surface area contributed by atoms with E-state index in [9.17, 15) is 4.79 Å². The van der Waals surface area contributed by atoms with Gasteiger partial charge in [-0.25, -0.2) is 0 Å². The molecule has 0 saturated heterocycles. The lowest BCUT2D eigenvalue weighted by Crippen LogP contribution is -2.20. The molecule has 0 aliphatic carbocycles. The van der Waals surface area contributed by atoms with E-state index in [0.717, 1.165) is 0 Å². The van der Waals surface area contributed by atoms with E-state index >= 15 is 0 Å². The fourth-order valence-electron chi connectivity index (χ4n) is 1.83. The third kappa shape index (κ3) is 5.30. The van der Waals surface area contributed by atoms with Gasteiger partial charge in [-0.3, -0.25) is 4.79 Å². The Balaban J connectivity index is 1.97. The van der Waals surface area contributed by atoms with Crippen molar-refractivity contribution in [2.24, 2.45) is 0 Å². The van der Waals surface area contributed by atoms with Gasteiger partial charge in [0.2, 0.25) is 0 Å². The molecule has 0 radical (unpaired) electrons. The van der Waals surface area contributed by atoms with Gasteiger partial charge in [-0.05, 0) is 47.1 Å². The second-order valence-electron chi connectivity index (χ2n) is 4.50.